The van der Waals surface area contributed by atoms with Crippen LogP contribution in [0.3, 0.4) is 0 Å². The van der Waals surface area contributed by atoms with Gasteiger partial charge < -0.3 is 10.0 Å². The molecule has 0 bridgehead atoms. The molecule has 1 aliphatic heterocycles. The lowest BCUT2D eigenvalue weighted by Gasteiger charge is -2.28. The number of likely N-dealkylation sites (tertiary alicyclic amines) is 1. The van der Waals surface area contributed by atoms with Gasteiger partial charge in [-0.05, 0) is 19.3 Å². The predicted octanol–water partition coefficient (Wildman–Crippen LogP) is 1.87. The van der Waals surface area contributed by atoms with Gasteiger partial charge in [0.25, 0.3) is 0 Å². The van der Waals surface area contributed by atoms with Crippen molar-refractivity contribution in [2.45, 2.75) is 37.5 Å². The molecule has 0 radical (unpaired) electrons. The van der Waals surface area contributed by atoms with Gasteiger partial charge in [0.1, 0.15) is 0 Å². The average molecular weight is 263 g/mol. The summed E-state index contributed by atoms with van der Waals surface area (Å²) in [7, 11) is 0. The molecule has 6 heteroatoms. The average Bonchev–Trinajstić information content (AvgIpc) is 2.73. The normalized spacial score (nSPS) is 32.9. The number of hydrogen-bond acceptors (Lipinski definition) is 2. The van der Waals surface area contributed by atoms with Crippen molar-refractivity contribution in [3.8, 4) is 0 Å². The van der Waals surface area contributed by atoms with E-state index in [9.17, 15) is 23.1 Å². The largest absolute Gasteiger partial charge is 0.419 e. The molecule has 1 heterocycles. The van der Waals surface area contributed by atoms with Gasteiger partial charge in [0.15, 0.2) is 5.60 Å². The molecule has 2 atom stereocenters. The Morgan fingerprint density at radius 2 is 2.11 bits per heavy atom. The lowest BCUT2D eigenvalue weighted by molar-refractivity contribution is -0.253. The molecule has 0 spiro atoms. The molecule has 2 rings (SSSR count). The Morgan fingerprint density at radius 3 is 2.61 bits per heavy atom. The SMILES string of the molecule is O=C(C1CC=CCC1)N1CCC(O)(C(F)(F)F)C1. The van der Waals surface area contributed by atoms with Gasteiger partial charge in [0.2, 0.25) is 5.91 Å². The molecule has 0 aromatic carbocycles. The number of allylic oxidation sites excluding steroid dienone is 2. The summed E-state index contributed by atoms with van der Waals surface area (Å²) in [6.07, 6.45) is 0.807. The zero-order valence-electron chi connectivity index (χ0n) is 9.91. The van der Waals surface area contributed by atoms with Crippen molar-refractivity contribution in [3.05, 3.63) is 12.2 Å². The summed E-state index contributed by atoms with van der Waals surface area (Å²) in [6, 6.07) is 0. The minimum absolute atomic E-state index is 0.0188. The predicted molar refractivity (Wildman–Crippen MR) is 58.7 cm³/mol. The van der Waals surface area contributed by atoms with E-state index in [4.69, 9.17) is 0 Å². The molecule has 1 aliphatic carbocycles. The van der Waals surface area contributed by atoms with Crippen molar-refractivity contribution >= 4 is 5.91 Å². The minimum Gasteiger partial charge on any atom is -0.379 e. The van der Waals surface area contributed by atoms with Crippen LogP contribution in [0.1, 0.15) is 25.7 Å². The Balaban J connectivity index is 2.00. The summed E-state index contributed by atoms with van der Waals surface area (Å²) >= 11 is 0. The summed E-state index contributed by atoms with van der Waals surface area (Å²) in [5, 5.41) is 9.51. The number of amides is 1. The number of nitrogens with zero attached hydrogens (tertiary/aromatic N) is 1. The van der Waals surface area contributed by atoms with Crippen molar-refractivity contribution in [1.29, 1.82) is 0 Å². The molecule has 3 nitrogen and oxygen atoms in total. The molecule has 1 fully saturated rings. The minimum atomic E-state index is -4.67. The highest BCUT2D eigenvalue weighted by atomic mass is 19.4. The number of rotatable bonds is 1. The summed E-state index contributed by atoms with van der Waals surface area (Å²) in [5.74, 6) is -0.495. The first-order valence-electron chi connectivity index (χ1n) is 6.06. The second kappa shape index (κ2) is 4.57. The van der Waals surface area contributed by atoms with Crippen LogP contribution in [-0.2, 0) is 4.79 Å². The van der Waals surface area contributed by atoms with Gasteiger partial charge in [-0.1, -0.05) is 12.2 Å². The molecule has 102 valence electrons. The monoisotopic (exact) mass is 263 g/mol. The van der Waals surface area contributed by atoms with E-state index in [1.54, 1.807) is 0 Å². The Bertz CT molecular complexity index is 367. The molecule has 1 amide bonds. The molecule has 0 aromatic rings. The van der Waals surface area contributed by atoms with E-state index in [0.717, 1.165) is 11.3 Å². The third kappa shape index (κ3) is 2.39. The van der Waals surface area contributed by atoms with Crippen molar-refractivity contribution in [3.63, 3.8) is 0 Å². The van der Waals surface area contributed by atoms with Gasteiger partial charge in [-0.15, -0.1) is 0 Å². The standard InChI is InChI=1S/C12H16F3NO2/c13-12(14,15)11(18)6-7-16(8-11)10(17)9-4-2-1-3-5-9/h1-2,9,18H,3-8H2. The third-order valence-corrected chi connectivity index (χ3v) is 3.71. The first-order chi connectivity index (χ1) is 8.33. The second-order valence-corrected chi connectivity index (χ2v) is 5.02. The van der Waals surface area contributed by atoms with Crippen LogP contribution in [-0.4, -0.2) is 40.8 Å². The number of alkyl halides is 3. The number of aliphatic hydroxyl groups is 1. The Kier molecular flexibility index (Phi) is 3.40. The van der Waals surface area contributed by atoms with Gasteiger partial charge in [-0.2, -0.15) is 13.2 Å². The second-order valence-electron chi connectivity index (χ2n) is 5.02. The maximum absolute atomic E-state index is 12.6. The topological polar surface area (TPSA) is 40.5 Å². The fourth-order valence-electron chi connectivity index (χ4n) is 2.49. The van der Waals surface area contributed by atoms with E-state index in [0.29, 0.717) is 12.8 Å². The van der Waals surface area contributed by atoms with Crippen LogP contribution >= 0.6 is 0 Å². The van der Waals surface area contributed by atoms with Gasteiger partial charge in [0.05, 0.1) is 6.54 Å². The molecular weight excluding hydrogens is 247 g/mol. The molecule has 18 heavy (non-hydrogen) atoms. The molecule has 0 aromatic heterocycles. The van der Waals surface area contributed by atoms with Crippen LogP contribution in [0.5, 0.6) is 0 Å². The van der Waals surface area contributed by atoms with E-state index < -0.39 is 24.7 Å². The van der Waals surface area contributed by atoms with Gasteiger partial charge >= 0.3 is 6.18 Å². The van der Waals surface area contributed by atoms with Gasteiger partial charge in [0, 0.05) is 18.9 Å². The van der Waals surface area contributed by atoms with Gasteiger partial charge in [-0.3, -0.25) is 4.79 Å². The van der Waals surface area contributed by atoms with Crippen molar-refractivity contribution in [2.75, 3.05) is 13.1 Å². The van der Waals surface area contributed by atoms with Crippen LogP contribution in [0.4, 0.5) is 13.2 Å². The van der Waals surface area contributed by atoms with Crippen LogP contribution in [0.2, 0.25) is 0 Å². The number of β-amino-alcohol motifs (C(OH)–C–C–N with tert-alkyl or cyclic N) is 1. The van der Waals surface area contributed by atoms with E-state index >= 15 is 0 Å². The number of halogens is 3. The molecular formula is C12H16F3NO2. The Morgan fingerprint density at radius 1 is 1.39 bits per heavy atom. The molecule has 2 unspecified atom stereocenters. The first-order valence-corrected chi connectivity index (χ1v) is 6.06. The summed E-state index contributed by atoms with van der Waals surface area (Å²) in [5.41, 5.74) is -2.73. The third-order valence-electron chi connectivity index (χ3n) is 3.71. The zero-order chi connectivity index (χ0) is 13.4. The maximum atomic E-state index is 12.6. The smallest absolute Gasteiger partial charge is 0.379 e. The fraction of sp³-hybridized carbons (Fsp3) is 0.750. The summed E-state index contributed by atoms with van der Waals surface area (Å²) in [4.78, 5) is 13.2. The highest BCUT2D eigenvalue weighted by Crippen LogP contribution is 2.38. The fourth-order valence-corrected chi connectivity index (χ4v) is 2.49. The molecule has 0 saturated carbocycles. The van der Waals surface area contributed by atoms with Crippen molar-refractivity contribution in [2.24, 2.45) is 5.92 Å². The van der Waals surface area contributed by atoms with Crippen molar-refractivity contribution in [1.82, 2.24) is 4.90 Å². The van der Waals surface area contributed by atoms with E-state index in [2.05, 4.69) is 0 Å². The lowest BCUT2D eigenvalue weighted by atomic mass is 9.93. The quantitative estimate of drug-likeness (QED) is 0.734. The summed E-state index contributed by atoms with van der Waals surface area (Å²) < 4.78 is 37.9. The highest BCUT2D eigenvalue weighted by molar-refractivity contribution is 5.79. The van der Waals surface area contributed by atoms with Crippen LogP contribution < -0.4 is 0 Å². The lowest BCUT2D eigenvalue weighted by Crippen LogP contribution is -2.48. The first kappa shape index (κ1) is 13.4. The van der Waals surface area contributed by atoms with Crippen LogP contribution in [0.25, 0.3) is 0 Å². The van der Waals surface area contributed by atoms with Gasteiger partial charge in [-0.25, -0.2) is 0 Å². The zero-order valence-corrected chi connectivity index (χ0v) is 9.91. The highest BCUT2D eigenvalue weighted by Gasteiger charge is 2.58. The maximum Gasteiger partial charge on any atom is 0.419 e. The van der Waals surface area contributed by atoms with E-state index in [1.165, 1.54) is 0 Å². The van der Waals surface area contributed by atoms with Crippen LogP contribution in [0.15, 0.2) is 12.2 Å². The van der Waals surface area contributed by atoms with Crippen molar-refractivity contribution < 1.29 is 23.1 Å². The number of hydrogen-bond donors (Lipinski definition) is 1. The molecule has 2 aliphatic rings. The Labute approximate surface area is 103 Å². The Hall–Kier alpha value is -1.04. The number of carbonyl (C=O) groups excluding carboxylic acids is 1. The molecule has 1 N–H and O–H groups in total. The van der Waals surface area contributed by atoms with E-state index in [-0.39, 0.29) is 18.4 Å². The van der Waals surface area contributed by atoms with Crippen LogP contribution in [0, 0.1) is 5.92 Å². The van der Waals surface area contributed by atoms with E-state index in [1.807, 2.05) is 12.2 Å². The summed E-state index contributed by atoms with van der Waals surface area (Å²) in [6.45, 7) is -0.648. The number of carbonyl (C=O) groups is 1. The molecule has 1 saturated heterocycles.